The van der Waals surface area contributed by atoms with E-state index in [0.717, 1.165) is 35.9 Å². The molecule has 1 N–H and O–H groups in total. The molecule has 1 aromatic carbocycles. The normalized spacial score (nSPS) is 10.8. The van der Waals surface area contributed by atoms with Crippen LogP contribution in [0, 0.1) is 6.92 Å². The highest BCUT2D eigenvalue weighted by atomic mass is 32.1. The molecule has 0 saturated heterocycles. The summed E-state index contributed by atoms with van der Waals surface area (Å²) in [6.45, 7) is 6.37. The third-order valence-electron chi connectivity index (χ3n) is 2.89. The van der Waals surface area contributed by atoms with Gasteiger partial charge in [0, 0.05) is 19.4 Å². The topological polar surface area (TPSA) is 37.8 Å². The van der Waals surface area contributed by atoms with Crippen LogP contribution in [-0.2, 0) is 12.8 Å². The Balaban J connectivity index is 1.87. The Morgan fingerprint density at radius 1 is 1.16 bits per heavy atom. The van der Waals surface area contributed by atoms with Crippen molar-refractivity contribution in [2.24, 2.45) is 0 Å². The second kappa shape index (κ2) is 7.36. The Morgan fingerprint density at radius 3 is 2.79 bits per heavy atom. The van der Waals surface area contributed by atoms with Crippen molar-refractivity contribution >= 4 is 11.3 Å². The summed E-state index contributed by atoms with van der Waals surface area (Å²) in [5.74, 6) is 0. The molecule has 3 nitrogen and oxygen atoms in total. The van der Waals surface area contributed by atoms with Gasteiger partial charge in [-0.2, -0.15) is 0 Å². The molecule has 1 aromatic heterocycles. The first-order valence-corrected chi connectivity index (χ1v) is 7.67. The predicted octanol–water partition coefficient (Wildman–Crippen LogP) is 2.98. The van der Waals surface area contributed by atoms with Gasteiger partial charge in [-0.3, -0.25) is 0 Å². The fourth-order valence-electron chi connectivity index (χ4n) is 1.95. The molecule has 0 bridgehead atoms. The van der Waals surface area contributed by atoms with E-state index in [1.165, 1.54) is 17.5 Å². The quantitative estimate of drug-likeness (QED) is 0.789. The van der Waals surface area contributed by atoms with Crippen LogP contribution in [0.3, 0.4) is 0 Å². The van der Waals surface area contributed by atoms with Gasteiger partial charge in [0.15, 0.2) is 0 Å². The number of nitrogens with zero attached hydrogens (tertiary/aromatic N) is 2. The van der Waals surface area contributed by atoms with Gasteiger partial charge in [-0.15, -0.1) is 21.5 Å². The molecular formula is C15H21N3S. The second-order valence-corrected chi connectivity index (χ2v) is 5.90. The van der Waals surface area contributed by atoms with Crippen LogP contribution in [0.1, 0.15) is 34.5 Å². The summed E-state index contributed by atoms with van der Waals surface area (Å²) in [7, 11) is 0. The highest BCUT2D eigenvalue weighted by Gasteiger charge is 2.05. The molecule has 19 heavy (non-hydrogen) atoms. The summed E-state index contributed by atoms with van der Waals surface area (Å²) in [4.78, 5) is 0. The van der Waals surface area contributed by atoms with E-state index in [0.29, 0.717) is 0 Å². The summed E-state index contributed by atoms with van der Waals surface area (Å²) >= 11 is 1.73. The smallest absolute Gasteiger partial charge is 0.121 e. The van der Waals surface area contributed by atoms with Crippen LogP contribution in [0.5, 0.6) is 0 Å². The van der Waals surface area contributed by atoms with Gasteiger partial charge >= 0.3 is 0 Å². The van der Waals surface area contributed by atoms with Crippen molar-refractivity contribution in [2.45, 2.75) is 33.1 Å². The lowest BCUT2D eigenvalue weighted by atomic mass is 10.1. The molecule has 0 aliphatic heterocycles. The van der Waals surface area contributed by atoms with E-state index < -0.39 is 0 Å². The molecule has 0 fully saturated rings. The number of hydrogen-bond donors (Lipinski definition) is 1. The third-order valence-corrected chi connectivity index (χ3v) is 3.87. The van der Waals surface area contributed by atoms with Crippen LogP contribution in [-0.4, -0.2) is 23.3 Å². The first-order valence-electron chi connectivity index (χ1n) is 6.85. The molecule has 102 valence electrons. The Morgan fingerprint density at radius 2 is 2.00 bits per heavy atom. The van der Waals surface area contributed by atoms with E-state index in [2.05, 4.69) is 53.6 Å². The van der Waals surface area contributed by atoms with Gasteiger partial charge < -0.3 is 5.32 Å². The molecule has 0 amide bonds. The van der Waals surface area contributed by atoms with Crippen LogP contribution in [0.15, 0.2) is 24.3 Å². The Bertz CT molecular complexity index is 508. The Kier molecular flexibility index (Phi) is 5.48. The zero-order valence-corrected chi connectivity index (χ0v) is 12.5. The lowest BCUT2D eigenvalue weighted by molar-refractivity contribution is 0.667. The maximum absolute atomic E-state index is 4.28. The lowest BCUT2D eigenvalue weighted by Crippen LogP contribution is -2.17. The molecule has 0 saturated carbocycles. The van der Waals surface area contributed by atoms with Crippen molar-refractivity contribution in [1.82, 2.24) is 15.5 Å². The fraction of sp³-hybridized carbons (Fsp3) is 0.467. The number of aromatic nitrogens is 2. The summed E-state index contributed by atoms with van der Waals surface area (Å²) < 4.78 is 0. The number of benzene rings is 1. The van der Waals surface area contributed by atoms with Crippen LogP contribution in [0.2, 0.25) is 0 Å². The standard InChI is InChI=1S/C15H21N3S/c1-3-8-16-9-7-14-17-18-15(19-14)11-13-6-4-5-12(2)10-13/h4-6,10,16H,3,7-9,11H2,1-2H3. The van der Waals surface area contributed by atoms with E-state index in [-0.39, 0.29) is 0 Å². The minimum atomic E-state index is 0.891. The molecule has 0 aliphatic carbocycles. The number of aryl methyl sites for hydroxylation is 1. The molecule has 1 heterocycles. The van der Waals surface area contributed by atoms with Crippen molar-refractivity contribution in [1.29, 1.82) is 0 Å². The average Bonchev–Trinajstić information content (AvgIpc) is 2.82. The van der Waals surface area contributed by atoms with E-state index in [1.54, 1.807) is 11.3 Å². The average molecular weight is 275 g/mol. The van der Waals surface area contributed by atoms with Crippen molar-refractivity contribution in [3.63, 3.8) is 0 Å². The SMILES string of the molecule is CCCNCCc1nnc(Cc2cccc(C)c2)s1. The van der Waals surface area contributed by atoms with Gasteiger partial charge in [-0.25, -0.2) is 0 Å². The third kappa shape index (κ3) is 4.73. The van der Waals surface area contributed by atoms with Gasteiger partial charge in [0.2, 0.25) is 0 Å². The first kappa shape index (κ1) is 14.2. The van der Waals surface area contributed by atoms with Crippen LogP contribution in [0.25, 0.3) is 0 Å². The van der Waals surface area contributed by atoms with E-state index in [4.69, 9.17) is 0 Å². The molecule has 0 unspecified atom stereocenters. The number of nitrogens with one attached hydrogen (secondary N) is 1. The molecule has 4 heteroatoms. The molecule has 0 atom stereocenters. The van der Waals surface area contributed by atoms with Crippen LogP contribution < -0.4 is 5.32 Å². The maximum atomic E-state index is 4.28. The van der Waals surface area contributed by atoms with Gasteiger partial charge in [0.1, 0.15) is 10.0 Å². The predicted molar refractivity (Wildman–Crippen MR) is 80.8 cm³/mol. The van der Waals surface area contributed by atoms with Crippen molar-refractivity contribution in [2.75, 3.05) is 13.1 Å². The highest BCUT2D eigenvalue weighted by Crippen LogP contribution is 2.15. The van der Waals surface area contributed by atoms with E-state index in [1.807, 2.05) is 0 Å². The Labute approximate surface area is 119 Å². The largest absolute Gasteiger partial charge is 0.316 e. The van der Waals surface area contributed by atoms with Crippen molar-refractivity contribution < 1.29 is 0 Å². The molecule has 0 aliphatic rings. The van der Waals surface area contributed by atoms with Gasteiger partial charge in [0.25, 0.3) is 0 Å². The zero-order chi connectivity index (χ0) is 13.5. The number of rotatable bonds is 7. The van der Waals surface area contributed by atoms with Crippen molar-refractivity contribution in [3.05, 3.63) is 45.4 Å². The summed E-state index contributed by atoms with van der Waals surface area (Å²) in [5, 5.41) is 14.2. The van der Waals surface area contributed by atoms with Gasteiger partial charge in [-0.05, 0) is 25.5 Å². The molecular weight excluding hydrogens is 254 g/mol. The molecule has 2 rings (SSSR count). The minimum absolute atomic E-state index is 0.891. The first-order chi connectivity index (χ1) is 9.28. The lowest BCUT2D eigenvalue weighted by Gasteiger charge is -1.99. The minimum Gasteiger partial charge on any atom is -0.316 e. The highest BCUT2D eigenvalue weighted by molar-refractivity contribution is 7.11. The van der Waals surface area contributed by atoms with Gasteiger partial charge in [-0.1, -0.05) is 36.8 Å². The van der Waals surface area contributed by atoms with Crippen molar-refractivity contribution in [3.8, 4) is 0 Å². The number of hydrogen-bond acceptors (Lipinski definition) is 4. The van der Waals surface area contributed by atoms with Crippen LogP contribution in [0.4, 0.5) is 0 Å². The fourth-order valence-corrected chi connectivity index (χ4v) is 2.83. The van der Waals surface area contributed by atoms with Gasteiger partial charge in [0.05, 0.1) is 0 Å². The zero-order valence-electron chi connectivity index (χ0n) is 11.6. The summed E-state index contributed by atoms with van der Waals surface area (Å²) in [5.41, 5.74) is 2.61. The molecule has 0 spiro atoms. The monoisotopic (exact) mass is 275 g/mol. The molecule has 0 radical (unpaired) electrons. The van der Waals surface area contributed by atoms with Crippen LogP contribution >= 0.6 is 11.3 Å². The summed E-state index contributed by atoms with van der Waals surface area (Å²) in [6.07, 6.45) is 3.04. The second-order valence-electron chi connectivity index (χ2n) is 4.76. The van der Waals surface area contributed by atoms with E-state index in [9.17, 15) is 0 Å². The maximum Gasteiger partial charge on any atom is 0.121 e. The Hall–Kier alpha value is -1.26. The van der Waals surface area contributed by atoms with E-state index >= 15 is 0 Å². The molecule has 2 aromatic rings. The summed E-state index contributed by atoms with van der Waals surface area (Å²) in [6, 6.07) is 8.58.